The van der Waals surface area contributed by atoms with Gasteiger partial charge in [-0.2, -0.15) is 0 Å². The van der Waals surface area contributed by atoms with Crippen molar-refractivity contribution in [1.82, 2.24) is 10.6 Å². The van der Waals surface area contributed by atoms with Gasteiger partial charge in [0.2, 0.25) is 11.8 Å². The first-order chi connectivity index (χ1) is 24.9. The zero-order valence-electron chi connectivity index (χ0n) is 34.9. The van der Waals surface area contributed by atoms with Crippen molar-refractivity contribution in [2.24, 2.45) is 56.7 Å². The summed E-state index contributed by atoms with van der Waals surface area (Å²) in [5.41, 5.74) is 1.50. The lowest BCUT2D eigenvalue weighted by atomic mass is 9.32. The summed E-state index contributed by atoms with van der Waals surface area (Å²) in [5.74, 6) is 2.21. The van der Waals surface area contributed by atoms with Crippen LogP contribution in [-0.2, 0) is 28.7 Å². The molecule has 11 atom stereocenters. The van der Waals surface area contributed by atoms with Crippen molar-refractivity contribution in [3.8, 4) is 0 Å². The molecule has 5 aliphatic carbocycles. The van der Waals surface area contributed by atoms with E-state index in [1.165, 1.54) is 38.4 Å². The van der Waals surface area contributed by atoms with Crippen molar-refractivity contribution >= 4 is 23.8 Å². The third-order valence-electron chi connectivity index (χ3n) is 16.7. The highest BCUT2D eigenvalue weighted by Crippen LogP contribution is 2.77. The number of hydrogen-bond donors (Lipinski definition) is 2. The maximum absolute atomic E-state index is 14.5. The van der Waals surface area contributed by atoms with E-state index in [2.05, 4.69) is 63.5 Å². The molecule has 8 nitrogen and oxygen atoms in total. The van der Waals surface area contributed by atoms with Gasteiger partial charge >= 0.3 is 11.9 Å². The molecule has 5 saturated carbocycles. The number of methoxy groups -OCH3 is 1. The van der Waals surface area contributed by atoms with Gasteiger partial charge < -0.3 is 20.1 Å². The molecule has 53 heavy (non-hydrogen) atoms. The Hall–Kier alpha value is -2.38. The zero-order chi connectivity index (χ0) is 39.0. The summed E-state index contributed by atoms with van der Waals surface area (Å²) in [6.45, 7) is 23.4. The lowest BCUT2D eigenvalue weighted by Crippen LogP contribution is -2.67. The van der Waals surface area contributed by atoms with Gasteiger partial charge in [0.1, 0.15) is 6.10 Å². The molecular formula is C45H74N2O6. The van der Waals surface area contributed by atoms with E-state index < -0.39 is 0 Å². The average Bonchev–Trinajstić information content (AvgIpc) is 3.48. The van der Waals surface area contributed by atoms with Gasteiger partial charge in [0.15, 0.2) is 0 Å². The monoisotopic (exact) mass is 739 g/mol. The number of hydrogen-bond acceptors (Lipinski definition) is 6. The highest BCUT2D eigenvalue weighted by Gasteiger charge is 2.72. The van der Waals surface area contributed by atoms with Crippen LogP contribution in [0.3, 0.4) is 0 Å². The molecule has 300 valence electrons. The highest BCUT2D eigenvalue weighted by molar-refractivity contribution is 5.84. The number of allylic oxidation sites excluding steroid dienone is 1. The van der Waals surface area contributed by atoms with Gasteiger partial charge in [0, 0.05) is 31.3 Å². The largest absolute Gasteiger partial charge is 0.469 e. The summed E-state index contributed by atoms with van der Waals surface area (Å²) in [6.07, 6.45) is 16.5. The molecule has 0 saturated heterocycles. The van der Waals surface area contributed by atoms with E-state index in [0.717, 1.165) is 70.6 Å². The van der Waals surface area contributed by atoms with E-state index in [-0.39, 0.29) is 63.5 Å². The standard InChI is InChI=1S/C45H74N2O6/c1-29(2)32-19-24-45(40(51)46-27-15-13-11-12-14-16-37(49)47-30(3)28-38(50)52-10)26-25-43(8)33(39(32)45)17-18-35-42(7)22-21-36(53-31(4)48)41(5,6)34(42)20-23-44(35,43)9/h30,32-36,39H,1,11-28H2,2-10H3,(H,46,51)(H,47,49)/t30?,32-,33+,34-,35+,36-,39+,42-,43+,44+,45-/m0/s1. The van der Waals surface area contributed by atoms with Crippen molar-refractivity contribution in [1.29, 1.82) is 0 Å². The van der Waals surface area contributed by atoms with E-state index in [0.29, 0.717) is 48.5 Å². The number of amides is 2. The van der Waals surface area contributed by atoms with Crippen LogP contribution in [0.15, 0.2) is 12.2 Å². The molecule has 8 heteroatoms. The molecule has 0 bridgehead atoms. The summed E-state index contributed by atoms with van der Waals surface area (Å²) in [4.78, 5) is 50.2. The molecule has 0 aromatic carbocycles. The molecule has 5 rings (SSSR count). The van der Waals surface area contributed by atoms with Crippen LogP contribution in [-0.4, -0.2) is 49.6 Å². The Morgan fingerprint density at radius 2 is 1.49 bits per heavy atom. The fraction of sp³-hybridized carbons (Fsp3) is 0.867. The van der Waals surface area contributed by atoms with Crippen molar-refractivity contribution in [2.75, 3.05) is 13.7 Å². The Bertz CT molecular complexity index is 1390. The Morgan fingerprint density at radius 1 is 0.792 bits per heavy atom. The summed E-state index contributed by atoms with van der Waals surface area (Å²) in [7, 11) is 1.36. The first-order valence-corrected chi connectivity index (χ1v) is 21.3. The Labute approximate surface area is 321 Å². The molecule has 2 N–H and O–H groups in total. The van der Waals surface area contributed by atoms with Crippen LogP contribution < -0.4 is 10.6 Å². The number of unbranched alkanes of at least 4 members (excludes halogenated alkanes) is 4. The van der Waals surface area contributed by atoms with Crippen molar-refractivity contribution < 1.29 is 28.7 Å². The summed E-state index contributed by atoms with van der Waals surface area (Å²) in [6, 6.07) is -0.226. The molecule has 0 spiro atoms. The second kappa shape index (κ2) is 16.0. The average molecular weight is 739 g/mol. The van der Waals surface area contributed by atoms with Gasteiger partial charge in [-0.3, -0.25) is 19.2 Å². The van der Waals surface area contributed by atoms with E-state index >= 15 is 0 Å². The number of ether oxygens (including phenoxy) is 2. The second-order valence-electron chi connectivity index (χ2n) is 19.8. The van der Waals surface area contributed by atoms with Crippen molar-refractivity contribution in [3.63, 3.8) is 0 Å². The zero-order valence-corrected chi connectivity index (χ0v) is 34.9. The number of carbonyl (C=O) groups excluding carboxylic acids is 4. The molecule has 1 unspecified atom stereocenters. The number of carbonyl (C=O) groups is 4. The Morgan fingerprint density at radius 3 is 2.17 bits per heavy atom. The fourth-order valence-corrected chi connectivity index (χ4v) is 14.0. The van der Waals surface area contributed by atoms with Crippen LogP contribution in [0, 0.1) is 56.7 Å². The SMILES string of the molecule is C=C(C)[C@@H]1CC[C@]2(C(=O)NCCCCCCCC(=O)NC(C)CC(=O)OC)CC[C@]3(C)[C@H](CC[C@@H]4[C@@]5(C)CC[C@H](OC(C)=O)C(C)(C)[C@@H]5CC[C@]43C)[C@@H]12. The van der Waals surface area contributed by atoms with Crippen molar-refractivity contribution in [3.05, 3.63) is 12.2 Å². The normalized spacial score (nSPS) is 38.9. The smallest absolute Gasteiger partial charge is 0.307 e. The molecular weight excluding hydrogens is 665 g/mol. The fourth-order valence-electron chi connectivity index (χ4n) is 14.0. The number of nitrogens with one attached hydrogen (secondary N) is 2. The van der Waals surface area contributed by atoms with E-state index in [1.807, 2.05) is 6.92 Å². The molecule has 5 aliphatic rings. The Kier molecular flexibility index (Phi) is 12.6. The summed E-state index contributed by atoms with van der Waals surface area (Å²) >= 11 is 0. The second-order valence-corrected chi connectivity index (χ2v) is 19.8. The van der Waals surface area contributed by atoms with Gasteiger partial charge in [-0.05, 0) is 137 Å². The number of rotatable bonds is 14. The maximum Gasteiger partial charge on any atom is 0.307 e. The van der Waals surface area contributed by atoms with Crippen LogP contribution in [0.1, 0.15) is 165 Å². The Balaban J connectivity index is 1.20. The third-order valence-corrected chi connectivity index (χ3v) is 16.7. The van der Waals surface area contributed by atoms with E-state index in [4.69, 9.17) is 4.74 Å². The highest BCUT2D eigenvalue weighted by atomic mass is 16.5. The lowest BCUT2D eigenvalue weighted by molar-refractivity contribution is -0.248. The van der Waals surface area contributed by atoms with Crippen molar-refractivity contribution in [2.45, 2.75) is 177 Å². The van der Waals surface area contributed by atoms with Crippen LogP contribution in [0.4, 0.5) is 0 Å². The maximum atomic E-state index is 14.5. The molecule has 2 amide bonds. The molecule has 5 fully saturated rings. The van der Waals surface area contributed by atoms with Gasteiger partial charge in [0.25, 0.3) is 0 Å². The predicted octanol–water partition coefficient (Wildman–Crippen LogP) is 9.10. The summed E-state index contributed by atoms with van der Waals surface area (Å²) < 4.78 is 10.6. The predicted molar refractivity (Wildman–Crippen MR) is 209 cm³/mol. The van der Waals surface area contributed by atoms with E-state index in [1.54, 1.807) is 6.92 Å². The number of esters is 2. The van der Waals surface area contributed by atoms with Crippen LogP contribution >= 0.6 is 0 Å². The molecule has 0 heterocycles. The summed E-state index contributed by atoms with van der Waals surface area (Å²) in [5, 5.41) is 6.34. The molecule has 0 aromatic heterocycles. The van der Waals surface area contributed by atoms with Gasteiger partial charge in [-0.25, -0.2) is 0 Å². The first kappa shape index (κ1) is 41.8. The number of fused-ring (bicyclic) bond motifs is 7. The minimum Gasteiger partial charge on any atom is -0.469 e. The minimum atomic E-state index is -0.318. The third kappa shape index (κ3) is 7.61. The van der Waals surface area contributed by atoms with Gasteiger partial charge in [0.05, 0.1) is 18.9 Å². The molecule has 0 aliphatic heterocycles. The lowest BCUT2D eigenvalue weighted by Gasteiger charge is -2.72. The van der Waals surface area contributed by atoms with Crippen LogP contribution in [0.2, 0.25) is 0 Å². The topological polar surface area (TPSA) is 111 Å². The van der Waals surface area contributed by atoms with Gasteiger partial charge in [-0.1, -0.05) is 66.0 Å². The quantitative estimate of drug-likeness (QED) is 0.105. The first-order valence-electron chi connectivity index (χ1n) is 21.3. The van der Waals surface area contributed by atoms with Gasteiger partial charge in [-0.15, -0.1) is 0 Å². The van der Waals surface area contributed by atoms with E-state index in [9.17, 15) is 19.2 Å². The molecule has 0 aromatic rings. The molecule has 0 radical (unpaired) electrons. The van der Waals surface area contributed by atoms with Crippen LogP contribution in [0.25, 0.3) is 0 Å². The van der Waals surface area contributed by atoms with Crippen LogP contribution in [0.5, 0.6) is 0 Å². The minimum absolute atomic E-state index is 0.00782.